The SMILES string of the molecule is COc1ccc(C)c(C(=O)O)c1OC. The van der Waals surface area contributed by atoms with Crippen molar-refractivity contribution in [2.24, 2.45) is 0 Å². The number of carboxylic acids is 1. The molecule has 0 spiro atoms. The molecular formula is C10H12O4. The first-order valence-electron chi connectivity index (χ1n) is 4.06. The molecule has 0 saturated heterocycles. The largest absolute Gasteiger partial charge is 0.493 e. The first-order valence-corrected chi connectivity index (χ1v) is 4.06. The maximum Gasteiger partial charge on any atom is 0.339 e. The average Bonchev–Trinajstić information content (AvgIpc) is 2.16. The number of hydrogen-bond donors (Lipinski definition) is 1. The van der Waals surface area contributed by atoms with Gasteiger partial charge in [0.05, 0.1) is 14.2 Å². The van der Waals surface area contributed by atoms with Crippen LogP contribution in [0, 0.1) is 6.92 Å². The van der Waals surface area contributed by atoms with E-state index in [2.05, 4.69) is 0 Å². The summed E-state index contributed by atoms with van der Waals surface area (Å²) in [5.41, 5.74) is 0.794. The highest BCUT2D eigenvalue weighted by atomic mass is 16.5. The molecule has 0 fully saturated rings. The standard InChI is InChI=1S/C10H12O4/c1-6-4-5-7(13-2)9(14-3)8(6)10(11)12/h4-5H,1-3H3,(H,11,12). The minimum Gasteiger partial charge on any atom is -0.493 e. The van der Waals surface area contributed by atoms with E-state index in [0.717, 1.165) is 0 Å². The van der Waals surface area contributed by atoms with Gasteiger partial charge in [-0.2, -0.15) is 0 Å². The molecule has 0 aliphatic carbocycles. The summed E-state index contributed by atoms with van der Waals surface area (Å²) in [4.78, 5) is 10.9. The van der Waals surface area contributed by atoms with Crippen molar-refractivity contribution >= 4 is 5.97 Å². The molecule has 0 bridgehead atoms. The van der Waals surface area contributed by atoms with Gasteiger partial charge in [0.1, 0.15) is 5.56 Å². The van der Waals surface area contributed by atoms with Gasteiger partial charge in [-0.25, -0.2) is 4.79 Å². The van der Waals surface area contributed by atoms with Crippen LogP contribution >= 0.6 is 0 Å². The second-order valence-corrected chi connectivity index (χ2v) is 2.80. The van der Waals surface area contributed by atoms with E-state index in [1.54, 1.807) is 19.1 Å². The summed E-state index contributed by atoms with van der Waals surface area (Å²) in [6, 6.07) is 3.37. The van der Waals surface area contributed by atoms with E-state index in [4.69, 9.17) is 14.6 Å². The molecule has 76 valence electrons. The Morgan fingerprint density at radius 2 is 1.93 bits per heavy atom. The predicted molar refractivity (Wildman–Crippen MR) is 51.2 cm³/mol. The van der Waals surface area contributed by atoms with Crippen LogP contribution in [0.2, 0.25) is 0 Å². The molecule has 0 aliphatic heterocycles. The van der Waals surface area contributed by atoms with E-state index in [1.165, 1.54) is 14.2 Å². The fourth-order valence-corrected chi connectivity index (χ4v) is 1.29. The van der Waals surface area contributed by atoms with Crippen LogP contribution in [-0.2, 0) is 0 Å². The Labute approximate surface area is 82.1 Å². The molecule has 0 aromatic heterocycles. The van der Waals surface area contributed by atoms with Crippen molar-refractivity contribution in [3.05, 3.63) is 23.3 Å². The van der Waals surface area contributed by atoms with Gasteiger partial charge >= 0.3 is 5.97 Å². The third kappa shape index (κ3) is 1.64. The van der Waals surface area contributed by atoms with Crippen LogP contribution in [0.4, 0.5) is 0 Å². The monoisotopic (exact) mass is 196 g/mol. The van der Waals surface area contributed by atoms with Crippen LogP contribution < -0.4 is 9.47 Å². The molecule has 0 atom stereocenters. The highest BCUT2D eigenvalue weighted by Crippen LogP contribution is 2.32. The third-order valence-electron chi connectivity index (χ3n) is 1.97. The van der Waals surface area contributed by atoms with E-state index in [0.29, 0.717) is 11.3 Å². The summed E-state index contributed by atoms with van der Waals surface area (Å²) in [6.07, 6.45) is 0. The molecule has 0 unspecified atom stereocenters. The minimum atomic E-state index is -1.02. The van der Waals surface area contributed by atoms with Crippen molar-refractivity contribution in [3.63, 3.8) is 0 Å². The quantitative estimate of drug-likeness (QED) is 0.799. The molecular weight excluding hydrogens is 184 g/mol. The lowest BCUT2D eigenvalue weighted by atomic mass is 10.1. The number of rotatable bonds is 3. The molecule has 0 amide bonds. The molecule has 1 rings (SSSR count). The highest BCUT2D eigenvalue weighted by Gasteiger charge is 2.18. The Bertz CT molecular complexity index is 357. The smallest absolute Gasteiger partial charge is 0.339 e. The lowest BCUT2D eigenvalue weighted by Gasteiger charge is -2.11. The first kappa shape index (κ1) is 10.4. The molecule has 1 N–H and O–H groups in total. The first-order chi connectivity index (χ1) is 6.61. The van der Waals surface area contributed by atoms with Crippen molar-refractivity contribution < 1.29 is 19.4 Å². The van der Waals surface area contributed by atoms with Crippen LogP contribution in [0.3, 0.4) is 0 Å². The van der Waals surface area contributed by atoms with Gasteiger partial charge in [-0.15, -0.1) is 0 Å². The molecule has 4 heteroatoms. The van der Waals surface area contributed by atoms with Gasteiger partial charge < -0.3 is 14.6 Å². The number of ether oxygens (including phenoxy) is 2. The number of hydrogen-bond acceptors (Lipinski definition) is 3. The van der Waals surface area contributed by atoms with Crippen molar-refractivity contribution in [1.82, 2.24) is 0 Å². The lowest BCUT2D eigenvalue weighted by molar-refractivity contribution is 0.0692. The zero-order valence-electron chi connectivity index (χ0n) is 8.33. The Balaban J connectivity index is 3.42. The molecule has 1 aromatic rings. The van der Waals surface area contributed by atoms with Crippen LogP contribution in [0.15, 0.2) is 12.1 Å². The van der Waals surface area contributed by atoms with Gasteiger partial charge in [-0.05, 0) is 18.6 Å². The zero-order chi connectivity index (χ0) is 10.7. The van der Waals surface area contributed by atoms with Crippen LogP contribution in [-0.4, -0.2) is 25.3 Å². The summed E-state index contributed by atoms with van der Waals surface area (Å²) in [5.74, 6) is -0.325. The summed E-state index contributed by atoms with van der Waals surface area (Å²) in [5, 5.41) is 8.96. The van der Waals surface area contributed by atoms with Gasteiger partial charge in [0.15, 0.2) is 11.5 Å². The van der Waals surface area contributed by atoms with Crippen LogP contribution in [0.25, 0.3) is 0 Å². The Morgan fingerprint density at radius 1 is 1.29 bits per heavy atom. The van der Waals surface area contributed by atoms with E-state index >= 15 is 0 Å². The van der Waals surface area contributed by atoms with Gasteiger partial charge in [-0.3, -0.25) is 0 Å². The number of carbonyl (C=O) groups is 1. The molecule has 0 aliphatic rings. The number of carboxylic acid groups (broad SMARTS) is 1. The number of aryl methyl sites for hydroxylation is 1. The van der Waals surface area contributed by atoms with Crippen molar-refractivity contribution in [3.8, 4) is 11.5 Å². The van der Waals surface area contributed by atoms with E-state index < -0.39 is 5.97 Å². The van der Waals surface area contributed by atoms with Crippen LogP contribution in [0.1, 0.15) is 15.9 Å². The van der Waals surface area contributed by atoms with E-state index in [-0.39, 0.29) is 11.3 Å². The number of aromatic carboxylic acids is 1. The van der Waals surface area contributed by atoms with Crippen molar-refractivity contribution in [2.75, 3.05) is 14.2 Å². The number of benzene rings is 1. The summed E-state index contributed by atoms with van der Waals surface area (Å²) < 4.78 is 10.00. The maximum atomic E-state index is 10.9. The van der Waals surface area contributed by atoms with Gasteiger partial charge in [0, 0.05) is 0 Å². The lowest BCUT2D eigenvalue weighted by Crippen LogP contribution is -2.04. The van der Waals surface area contributed by atoms with Crippen molar-refractivity contribution in [1.29, 1.82) is 0 Å². The maximum absolute atomic E-state index is 10.9. The molecule has 14 heavy (non-hydrogen) atoms. The summed E-state index contributed by atoms with van der Waals surface area (Å²) in [7, 11) is 2.89. The predicted octanol–water partition coefficient (Wildman–Crippen LogP) is 1.71. The molecule has 0 heterocycles. The fraction of sp³-hybridized carbons (Fsp3) is 0.300. The second kappa shape index (κ2) is 4.00. The fourth-order valence-electron chi connectivity index (χ4n) is 1.29. The average molecular weight is 196 g/mol. The topological polar surface area (TPSA) is 55.8 Å². The Morgan fingerprint density at radius 3 is 2.36 bits per heavy atom. The molecule has 0 radical (unpaired) electrons. The third-order valence-corrected chi connectivity index (χ3v) is 1.97. The van der Waals surface area contributed by atoms with E-state index in [9.17, 15) is 4.79 Å². The van der Waals surface area contributed by atoms with Gasteiger partial charge in [0.25, 0.3) is 0 Å². The minimum absolute atomic E-state index is 0.145. The normalized spacial score (nSPS) is 9.64. The Hall–Kier alpha value is -1.71. The van der Waals surface area contributed by atoms with Crippen LogP contribution in [0.5, 0.6) is 11.5 Å². The molecule has 1 aromatic carbocycles. The van der Waals surface area contributed by atoms with Gasteiger partial charge in [0.2, 0.25) is 0 Å². The molecule has 4 nitrogen and oxygen atoms in total. The summed E-state index contributed by atoms with van der Waals surface area (Å²) >= 11 is 0. The summed E-state index contributed by atoms with van der Waals surface area (Å²) in [6.45, 7) is 1.71. The molecule has 0 saturated carbocycles. The Kier molecular flexibility index (Phi) is 2.96. The second-order valence-electron chi connectivity index (χ2n) is 2.80. The number of methoxy groups -OCH3 is 2. The zero-order valence-corrected chi connectivity index (χ0v) is 8.33. The highest BCUT2D eigenvalue weighted by molar-refractivity contribution is 5.93. The van der Waals surface area contributed by atoms with Gasteiger partial charge in [-0.1, -0.05) is 6.07 Å². The van der Waals surface area contributed by atoms with Crippen molar-refractivity contribution in [2.45, 2.75) is 6.92 Å². The van der Waals surface area contributed by atoms with E-state index in [1.807, 2.05) is 0 Å².